The molecule has 0 aliphatic carbocycles. The van der Waals surface area contributed by atoms with Crippen LogP contribution in [0.1, 0.15) is 11.1 Å². The van der Waals surface area contributed by atoms with Crippen molar-refractivity contribution in [2.75, 3.05) is 26.7 Å². The minimum atomic E-state index is -0.317. The van der Waals surface area contributed by atoms with Crippen LogP contribution in [0.15, 0.2) is 48.5 Å². The van der Waals surface area contributed by atoms with E-state index in [1.54, 1.807) is 0 Å². The van der Waals surface area contributed by atoms with Gasteiger partial charge in [0.2, 0.25) is 0 Å². The maximum Gasteiger partial charge on any atom is 0.127 e. The van der Waals surface area contributed by atoms with Crippen LogP contribution in [0.5, 0.6) is 11.5 Å². The van der Waals surface area contributed by atoms with Gasteiger partial charge in [0.15, 0.2) is 0 Å². The predicted molar refractivity (Wildman–Crippen MR) is 91.9 cm³/mol. The number of ether oxygens (including phenoxy) is 1. The summed E-state index contributed by atoms with van der Waals surface area (Å²) in [7, 11) is 1.86. The van der Waals surface area contributed by atoms with Crippen LogP contribution in [-0.2, 0) is 13.0 Å². The quantitative estimate of drug-likeness (QED) is 0.860. The van der Waals surface area contributed by atoms with E-state index in [1.807, 2.05) is 43.4 Å². The zero-order chi connectivity index (χ0) is 16.1. The van der Waals surface area contributed by atoms with Crippen molar-refractivity contribution < 1.29 is 9.84 Å². The van der Waals surface area contributed by atoms with E-state index < -0.39 is 0 Å². The van der Waals surface area contributed by atoms with Gasteiger partial charge in [0.1, 0.15) is 11.5 Å². The van der Waals surface area contributed by atoms with Crippen molar-refractivity contribution in [1.29, 1.82) is 0 Å². The van der Waals surface area contributed by atoms with Gasteiger partial charge in [0.25, 0.3) is 0 Å². The molecule has 0 radical (unpaired) electrons. The molecule has 0 bridgehead atoms. The molecular formula is C19H24N2O2. The molecule has 0 amide bonds. The molecule has 3 rings (SSSR count). The number of aliphatic hydroxyl groups excluding tert-OH is 1. The lowest BCUT2D eigenvalue weighted by atomic mass is 9.99. The first kappa shape index (κ1) is 16.0. The summed E-state index contributed by atoms with van der Waals surface area (Å²) in [4.78, 5) is 2.31. The van der Waals surface area contributed by atoms with Gasteiger partial charge in [-0.2, -0.15) is 0 Å². The molecule has 1 heterocycles. The van der Waals surface area contributed by atoms with Gasteiger partial charge in [-0.1, -0.05) is 24.3 Å². The Balaban J connectivity index is 1.64. The average molecular weight is 312 g/mol. The first-order chi connectivity index (χ1) is 11.2. The Morgan fingerprint density at radius 3 is 2.74 bits per heavy atom. The number of hydrogen-bond donors (Lipinski definition) is 2. The Morgan fingerprint density at radius 1 is 1.13 bits per heavy atom. The molecule has 0 saturated heterocycles. The third-order valence-electron chi connectivity index (χ3n) is 4.16. The summed E-state index contributed by atoms with van der Waals surface area (Å²) < 4.78 is 5.91. The molecular weight excluding hydrogens is 288 g/mol. The Labute approximate surface area is 137 Å². The van der Waals surface area contributed by atoms with E-state index in [-0.39, 0.29) is 6.10 Å². The van der Waals surface area contributed by atoms with Crippen molar-refractivity contribution in [3.8, 4) is 11.5 Å². The van der Waals surface area contributed by atoms with Crippen LogP contribution in [-0.4, -0.2) is 42.8 Å². The molecule has 1 atom stereocenters. The van der Waals surface area contributed by atoms with Crippen LogP contribution >= 0.6 is 0 Å². The molecule has 1 aliphatic rings. The van der Waals surface area contributed by atoms with E-state index in [4.69, 9.17) is 4.74 Å². The van der Waals surface area contributed by atoms with Crippen LogP contribution in [0, 0.1) is 0 Å². The molecule has 23 heavy (non-hydrogen) atoms. The van der Waals surface area contributed by atoms with Gasteiger partial charge in [-0.25, -0.2) is 0 Å². The standard InChI is InChI=1S/C19H24N2O2/c1-20-12-17(22)14-21-10-9-15-11-19(8-7-16(15)13-21)23-18-5-3-2-4-6-18/h2-8,11,17,20,22H,9-10,12-14H2,1H3. The maximum absolute atomic E-state index is 9.93. The number of fused-ring (bicyclic) bond motifs is 1. The van der Waals surface area contributed by atoms with Crippen LogP contribution in [0.4, 0.5) is 0 Å². The summed E-state index contributed by atoms with van der Waals surface area (Å²) in [5.74, 6) is 1.75. The highest BCUT2D eigenvalue weighted by Gasteiger charge is 2.19. The smallest absolute Gasteiger partial charge is 0.127 e. The molecule has 1 unspecified atom stereocenters. The topological polar surface area (TPSA) is 44.7 Å². The highest BCUT2D eigenvalue weighted by Crippen LogP contribution is 2.27. The van der Waals surface area contributed by atoms with E-state index >= 15 is 0 Å². The third-order valence-corrected chi connectivity index (χ3v) is 4.16. The van der Waals surface area contributed by atoms with E-state index in [2.05, 4.69) is 22.3 Å². The van der Waals surface area contributed by atoms with Crippen LogP contribution in [0.3, 0.4) is 0 Å². The molecule has 122 valence electrons. The number of benzene rings is 2. The maximum atomic E-state index is 9.93. The lowest BCUT2D eigenvalue weighted by molar-refractivity contribution is 0.106. The van der Waals surface area contributed by atoms with Gasteiger partial charge in [0.05, 0.1) is 6.10 Å². The summed E-state index contributed by atoms with van der Waals surface area (Å²) >= 11 is 0. The molecule has 2 aromatic carbocycles. The molecule has 2 N–H and O–H groups in total. The zero-order valence-electron chi connectivity index (χ0n) is 13.5. The highest BCUT2D eigenvalue weighted by atomic mass is 16.5. The summed E-state index contributed by atoms with van der Waals surface area (Å²) in [5.41, 5.74) is 2.67. The van der Waals surface area contributed by atoms with Crippen molar-refractivity contribution in [3.05, 3.63) is 59.7 Å². The Bertz CT molecular complexity index is 631. The Morgan fingerprint density at radius 2 is 1.96 bits per heavy atom. The van der Waals surface area contributed by atoms with Gasteiger partial charge in [-0.3, -0.25) is 4.90 Å². The second-order valence-electron chi connectivity index (χ2n) is 6.04. The number of likely N-dealkylation sites (N-methyl/N-ethyl adjacent to an activating group) is 1. The number of rotatable bonds is 6. The number of aliphatic hydroxyl groups is 1. The SMILES string of the molecule is CNCC(O)CN1CCc2cc(Oc3ccccc3)ccc2C1. The molecule has 4 heteroatoms. The molecule has 1 aliphatic heterocycles. The molecule has 4 nitrogen and oxygen atoms in total. The molecule has 0 saturated carbocycles. The molecule has 0 aromatic heterocycles. The molecule has 0 spiro atoms. The summed E-state index contributed by atoms with van der Waals surface area (Å²) in [6.45, 7) is 3.21. The fourth-order valence-electron chi connectivity index (χ4n) is 3.03. The monoisotopic (exact) mass is 312 g/mol. The zero-order valence-corrected chi connectivity index (χ0v) is 13.5. The lowest BCUT2D eigenvalue weighted by Gasteiger charge is -2.30. The van der Waals surface area contributed by atoms with Crippen molar-refractivity contribution in [3.63, 3.8) is 0 Å². The molecule has 0 fully saturated rings. The number of hydrogen-bond acceptors (Lipinski definition) is 4. The minimum Gasteiger partial charge on any atom is -0.457 e. The highest BCUT2D eigenvalue weighted by molar-refractivity contribution is 5.39. The second kappa shape index (κ2) is 7.59. The van der Waals surface area contributed by atoms with Crippen LogP contribution in [0.25, 0.3) is 0 Å². The van der Waals surface area contributed by atoms with Crippen molar-refractivity contribution in [1.82, 2.24) is 10.2 Å². The molecule has 2 aromatic rings. The van der Waals surface area contributed by atoms with Gasteiger partial charge in [-0.15, -0.1) is 0 Å². The van der Waals surface area contributed by atoms with E-state index in [0.717, 1.165) is 31.0 Å². The predicted octanol–water partition coefficient (Wildman–Crippen LogP) is 2.42. The van der Waals surface area contributed by atoms with E-state index in [1.165, 1.54) is 11.1 Å². The van der Waals surface area contributed by atoms with Gasteiger partial charge < -0.3 is 15.2 Å². The summed E-state index contributed by atoms with van der Waals surface area (Å²) in [6.07, 6.45) is 0.676. The summed E-state index contributed by atoms with van der Waals surface area (Å²) in [6, 6.07) is 16.2. The van der Waals surface area contributed by atoms with Gasteiger partial charge >= 0.3 is 0 Å². The lowest BCUT2D eigenvalue weighted by Crippen LogP contribution is -2.40. The van der Waals surface area contributed by atoms with Crippen molar-refractivity contribution >= 4 is 0 Å². The largest absolute Gasteiger partial charge is 0.457 e. The van der Waals surface area contributed by atoms with Gasteiger partial charge in [0, 0.05) is 26.2 Å². The number of nitrogens with one attached hydrogen (secondary N) is 1. The van der Waals surface area contributed by atoms with Gasteiger partial charge in [-0.05, 0) is 48.9 Å². The van der Waals surface area contributed by atoms with Crippen LogP contribution in [0.2, 0.25) is 0 Å². The Kier molecular flexibility index (Phi) is 5.28. The number of β-amino-alcohol motifs (C(OH)–C–C–N with tert-alkyl or cyclic N) is 1. The summed E-state index contributed by atoms with van der Waals surface area (Å²) in [5, 5.41) is 12.9. The first-order valence-corrected chi connectivity index (χ1v) is 8.14. The van der Waals surface area contributed by atoms with Crippen LogP contribution < -0.4 is 10.1 Å². The Hall–Kier alpha value is -1.88. The van der Waals surface area contributed by atoms with E-state index in [9.17, 15) is 5.11 Å². The number of nitrogens with zero attached hydrogens (tertiary/aromatic N) is 1. The van der Waals surface area contributed by atoms with Crippen molar-refractivity contribution in [2.24, 2.45) is 0 Å². The van der Waals surface area contributed by atoms with Crippen molar-refractivity contribution in [2.45, 2.75) is 19.1 Å². The normalized spacial score (nSPS) is 15.9. The first-order valence-electron chi connectivity index (χ1n) is 8.14. The second-order valence-corrected chi connectivity index (χ2v) is 6.04. The minimum absolute atomic E-state index is 0.317. The third kappa shape index (κ3) is 4.32. The fourth-order valence-corrected chi connectivity index (χ4v) is 3.03. The fraction of sp³-hybridized carbons (Fsp3) is 0.368. The number of para-hydroxylation sites is 1. The average Bonchev–Trinajstić information content (AvgIpc) is 2.56. The van der Waals surface area contributed by atoms with E-state index in [0.29, 0.717) is 13.1 Å².